The van der Waals surface area contributed by atoms with Gasteiger partial charge in [-0.2, -0.15) is 0 Å². The van der Waals surface area contributed by atoms with Crippen molar-refractivity contribution < 1.29 is 18.3 Å². The predicted molar refractivity (Wildman–Crippen MR) is 90.1 cm³/mol. The first-order valence-corrected chi connectivity index (χ1v) is 9.37. The molecule has 3 heterocycles. The van der Waals surface area contributed by atoms with Crippen LogP contribution >= 0.6 is 7.60 Å². The molecule has 2 N–H and O–H groups in total. The molecule has 10 heteroatoms. The van der Waals surface area contributed by atoms with Crippen LogP contribution in [0.4, 0.5) is 5.82 Å². The van der Waals surface area contributed by atoms with Gasteiger partial charge in [0.15, 0.2) is 17.8 Å². The van der Waals surface area contributed by atoms with E-state index < -0.39 is 7.60 Å². The van der Waals surface area contributed by atoms with Gasteiger partial charge in [0.2, 0.25) is 0 Å². The Labute approximate surface area is 143 Å². The van der Waals surface area contributed by atoms with Gasteiger partial charge in [0.25, 0.3) is 0 Å². The Morgan fingerprint density at radius 3 is 2.88 bits per heavy atom. The van der Waals surface area contributed by atoms with Gasteiger partial charge < -0.3 is 19.6 Å². The van der Waals surface area contributed by atoms with Crippen LogP contribution in [-0.2, 0) is 20.4 Å². The summed E-state index contributed by atoms with van der Waals surface area (Å²) in [5.41, 5.74) is 6.93. The van der Waals surface area contributed by atoms with Crippen LogP contribution in [0.1, 0.15) is 0 Å². The zero-order valence-corrected chi connectivity index (χ0v) is 14.1. The molecule has 1 aromatic carbocycles. The van der Waals surface area contributed by atoms with Gasteiger partial charge in [0.05, 0.1) is 19.5 Å². The van der Waals surface area contributed by atoms with Gasteiger partial charge in [0.1, 0.15) is 23.7 Å². The summed E-state index contributed by atoms with van der Waals surface area (Å²) >= 11 is 0. The predicted octanol–water partition coefficient (Wildman–Crippen LogP) is 2.05. The van der Waals surface area contributed by atoms with Crippen LogP contribution in [-0.4, -0.2) is 38.6 Å². The minimum atomic E-state index is -3.31. The lowest BCUT2D eigenvalue weighted by molar-refractivity contribution is -0.00591. The Hall–Kier alpha value is -2.48. The molecule has 25 heavy (non-hydrogen) atoms. The molecule has 2 unspecified atom stereocenters. The number of rotatable bonds is 4. The molecule has 0 spiro atoms. The molecule has 0 bridgehead atoms. The van der Waals surface area contributed by atoms with Crippen molar-refractivity contribution in [3.63, 3.8) is 0 Å². The molecule has 130 valence electrons. The van der Waals surface area contributed by atoms with Crippen molar-refractivity contribution in [2.75, 3.05) is 18.7 Å². The highest BCUT2D eigenvalue weighted by atomic mass is 31.2. The largest absolute Gasteiger partial charge is 0.423 e. The quantitative estimate of drug-likeness (QED) is 0.702. The van der Waals surface area contributed by atoms with Crippen LogP contribution < -0.4 is 10.3 Å². The second-order valence-corrected chi connectivity index (χ2v) is 7.48. The Bertz CT molecular complexity index is 920. The van der Waals surface area contributed by atoms with E-state index >= 15 is 0 Å². The molecule has 0 aliphatic carbocycles. The van der Waals surface area contributed by atoms with Gasteiger partial charge in [-0.15, -0.1) is 0 Å². The van der Waals surface area contributed by atoms with Gasteiger partial charge >= 0.3 is 7.60 Å². The van der Waals surface area contributed by atoms with E-state index in [2.05, 4.69) is 15.0 Å². The summed E-state index contributed by atoms with van der Waals surface area (Å²) in [4.78, 5) is 12.3. The van der Waals surface area contributed by atoms with Gasteiger partial charge in [-0.05, 0) is 12.1 Å². The van der Waals surface area contributed by atoms with Crippen molar-refractivity contribution >= 4 is 24.6 Å². The van der Waals surface area contributed by atoms with Gasteiger partial charge in [-0.1, -0.05) is 18.2 Å². The van der Waals surface area contributed by atoms with Crippen molar-refractivity contribution in [1.29, 1.82) is 0 Å². The third kappa shape index (κ3) is 3.34. The number of fused-ring (bicyclic) bond motifs is 1. The van der Waals surface area contributed by atoms with E-state index in [1.807, 2.05) is 6.07 Å². The number of aromatic nitrogens is 4. The van der Waals surface area contributed by atoms with Crippen molar-refractivity contribution in [2.24, 2.45) is 0 Å². The molecule has 3 aromatic rings. The summed E-state index contributed by atoms with van der Waals surface area (Å²) < 4.78 is 31.0. The number of nitrogen functional groups attached to an aromatic ring is 1. The molecule has 0 saturated carbocycles. The number of para-hydroxylation sites is 1. The van der Waals surface area contributed by atoms with Crippen molar-refractivity contribution in [1.82, 2.24) is 19.5 Å². The molecule has 0 amide bonds. The summed E-state index contributed by atoms with van der Waals surface area (Å²) in [6.07, 6.45) is 2.59. The molecule has 2 atom stereocenters. The summed E-state index contributed by atoms with van der Waals surface area (Å²) in [7, 11) is -3.31. The maximum absolute atomic E-state index is 12.6. The lowest BCUT2D eigenvalue weighted by Gasteiger charge is -2.29. The van der Waals surface area contributed by atoms with E-state index in [1.54, 1.807) is 35.2 Å². The number of hydrogen-bond donors (Lipinski definition) is 1. The van der Waals surface area contributed by atoms with Crippen molar-refractivity contribution in [2.45, 2.75) is 12.6 Å². The highest BCUT2D eigenvalue weighted by molar-refractivity contribution is 7.54. The van der Waals surface area contributed by atoms with Crippen molar-refractivity contribution in [3.8, 4) is 5.75 Å². The number of anilines is 1. The molecule has 9 nitrogen and oxygen atoms in total. The standard InChI is InChI=1S/C15H16N5O4P/c16-14-13-15(18-8-17-14)20(9-19-13)6-12-7-23-25(21,10-22-12)24-11-4-2-1-3-5-11/h1-5,8-9,12H,6-7,10H2,(H2,16,17,18). The number of benzene rings is 1. The minimum absolute atomic E-state index is 0.115. The van der Waals surface area contributed by atoms with E-state index in [0.29, 0.717) is 29.3 Å². The summed E-state index contributed by atoms with van der Waals surface area (Å²) in [5, 5.41) is 0. The Kier molecular flexibility index (Phi) is 4.12. The SMILES string of the molecule is Nc1ncnc2c1ncn2CC1COP(=O)(Oc2ccccc2)CO1. The number of imidazole rings is 1. The molecule has 0 radical (unpaired) electrons. The second kappa shape index (κ2) is 6.44. The van der Waals surface area contributed by atoms with Crippen molar-refractivity contribution in [3.05, 3.63) is 43.0 Å². The number of nitrogens with two attached hydrogens (primary N) is 1. The lowest BCUT2D eigenvalue weighted by Crippen LogP contribution is -2.31. The summed E-state index contributed by atoms with van der Waals surface area (Å²) in [6.45, 7) is 0.586. The highest BCUT2D eigenvalue weighted by Gasteiger charge is 2.34. The third-order valence-corrected chi connectivity index (χ3v) is 5.24. The van der Waals surface area contributed by atoms with Crippen LogP contribution in [0.2, 0.25) is 0 Å². The number of nitrogens with zero attached hydrogens (tertiary/aromatic N) is 4. The summed E-state index contributed by atoms with van der Waals surface area (Å²) in [6, 6.07) is 8.89. The molecular weight excluding hydrogens is 345 g/mol. The first kappa shape index (κ1) is 16.0. The van der Waals surface area contributed by atoms with E-state index in [0.717, 1.165) is 0 Å². The first-order chi connectivity index (χ1) is 12.1. The number of hydrogen-bond acceptors (Lipinski definition) is 8. The molecule has 4 rings (SSSR count). The van der Waals surface area contributed by atoms with Crippen LogP contribution in [0.3, 0.4) is 0 Å². The van der Waals surface area contributed by atoms with Crippen LogP contribution in [0.25, 0.3) is 11.2 Å². The zero-order valence-electron chi connectivity index (χ0n) is 13.2. The Balaban J connectivity index is 1.42. The smallest absolute Gasteiger partial charge is 0.404 e. The van der Waals surface area contributed by atoms with E-state index in [4.69, 9.17) is 19.5 Å². The van der Waals surface area contributed by atoms with E-state index in [1.165, 1.54) is 6.33 Å². The Morgan fingerprint density at radius 2 is 2.12 bits per heavy atom. The second-order valence-electron chi connectivity index (χ2n) is 5.56. The fourth-order valence-electron chi connectivity index (χ4n) is 2.53. The zero-order chi connectivity index (χ0) is 17.3. The molecular formula is C15H16N5O4P. The van der Waals surface area contributed by atoms with Crippen LogP contribution in [0.15, 0.2) is 43.0 Å². The molecule has 2 aromatic heterocycles. The maximum Gasteiger partial charge on any atom is 0.404 e. The molecule has 1 aliphatic rings. The average Bonchev–Trinajstić information content (AvgIpc) is 3.02. The molecule has 1 fully saturated rings. The fraction of sp³-hybridized carbons (Fsp3) is 0.267. The monoisotopic (exact) mass is 361 g/mol. The van der Waals surface area contributed by atoms with Crippen LogP contribution in [0.5, 0.6) is 5.75 Å². The average molecular weight is 361 g/mol. The normalized spacial score (nSPS) is 23.6. The van der Waals surface area contributed by atoms with E-state index in [9.17, 15) is 4.57 Å². The van der Waals surface area contributed by atoms with Gasteiger partial charge in [0, 0.05) is 0 Å². The van der Waals surface area contributed by atoms with Crippen LogP contribution in [0, 0.1) is 0 Å². The maximum atomic E-state index is 12.6. The number of ether oxygens (including phenoxy) is 1. The Morgan fingerprint density at radius 1 is 1.28 bits per heavy atom. The lowest BCUT2D eigenvalue weighted by atomic mass is 10.3. The summed E-state index contributed by atoms with van der Waals surface area (Å²) in [5.74, 6) is 0.811. The van der Waals surface area contributed by atoms with Gasteiger partial charge in [-0.25, -0.2) is 19.5 Å². The topological polar surface area (TPSA) is 114 Å². The highest BCUT2D eigenvalue weighted by Crippen LogP contribution is 2.50. The first-order valence-electron chi connectivity index (χ1n) is 7.64. The fourth-order valence-corrected chi connectivity index (χ4v) is 3.94. The third-order valence-electron chi connectivity index (χ3n) is 3.74. The van der Waals surface area contributed by atoms with E-state index in [-0.39, 0.29) is 19.1 Å². The molecule has 1 saturated heterocycles. The minimum Gasteiger partial charge on any atom is -0.423 e. The van der Waals surface area contributed by atoms with Gasteiger partial charge in [-0.3, -0.25) is 4.52 Å². The molecule has 1 aliphatic heterocycles.